The highest BCUT2D eigenvalue weighted by Gasteiger charge is 2.04. The SMILES string of the molecule is Cc1cc(CI)c(F)cc1F. The Hall–Kier alpha value is -0.190. The van der Waals surface area contributed by atoms with Crippen LogP contribution >= 0.6 is 22.6 Å². The maximum absolute atomic E-state index is 12.8. The number of hydrogen-bond donors (Lipinski definition) is 0. The molecule has 0 aromatic heterocycles. The summed E-state index contributed by atoms with van der Waals surface area (Å²) in [5.41, 5.74) is 1.06. The first kappa shape index (κ1) is 8.90. The van der Waals surface area contributed by atoms with Crippen molar-refractivity contribution in [2.45, 2.75) is 11.4 Å². The van der Waals surface area contributed by atoms with Gasteiger partial charge in [-0.25, -0.2) is 8.78 Å². The van der Waals surface area contributed by atoms with Crippen molar-refractivity contribution >= 4 is 22.6 Å². The molecule has 0 bridgehead atoms. The molecule has 0 aliphatic rings. The van der Waals surface area contributed by atoms with Crippen molar-refractivity contribution in [1.82, 2.24) is 0 Å². The van der Waals surface area contributed by atoms with Crippen LogP contribution in [0.25, 0.3) is 0 Å². The maximum Gasteiger partial charge on any atom is 0.130 e. The van der Waals surface area contributed by atoms with Gasteiger partial charge in [-0.15, -0.1) is 0 Å². The molecule has 0 spiro atoms. The number of hydrogen-bond acceptors (Lipinski definition) is 0. The van der Waals surface area contributed by atoms with E-state index in [0.717, 1.165) is 6.07 Å². The Kier molecular flexibility index (Phi) is 2.81. The number of aryl methyl sites for hydroxylation is 1. The summed E-state index contributed by atoms with van der Waals surface area (Å²) in [6.07, 6.45) is 0. The van der Waals surface area contributed by atoms with Gasteiger partial charge in [0.2, 0.25) is 0 Å². The molecule has 0 amide bonds. The van der Waals surface area contributed by atoms with Crippen LogP contribution in [0.4, 0.5) is 8.78 Å². The Bertz CT molecular complexity index is 271. The summed E-state index contributed by atoms with van der Waals surface area (Å²) in [5, 5.41) is 0. The van der Waals surface area contributed by atoms with E-state index >= 15 is 0 Å². The summed E-state index contributed by atoms with van der Waals surface area (Å²) in [7, 11) is 0. The molecular weight excluding hydrogens is 261 g/mol. The fourth-order valence-electron chi connectivity index (χ4n) is 0.819. The zero-order valence-electron chi connectivity index (χ0n) is 6.00. The summed E-state index contributed by atoms with van der Waals surface area (Å²) < 4.78 is 26.0. The van der Waals surface area contributed by atoms with Crippen molar-refractivity contribution in [1.29, 1.82) is 0 Å². The summed E-state index contributed by atoms with van der Waals surface area (Å²) in [6.45, 7) is 1.63. The van der Waals surface area contributed by atoms with Gasteiger partial charge in [-0.05, 0) is 24.1 Å². The van der Waals surface area contributed by atoms with Gasteiger partial charge in [0.05, 0.1) is 0 Å². The standard InChI is InChI=1S/C8H7F2I/c1-5-2-6(4-11)8(10)3-7(5)9/h2-3H,4H2,1H3. The van der Waals surface area contributed by atoms with E-state index in [4.69, 9.17) is 0 Å². The topological polar surface area (TPSA) is 0 Å². The average Bonchev–Trinajstić information content (AvgIpc) is 1.97. The molecule has 0 radical (unpaired) electrons. The smallest absolute Gasteiger partial charge is 0.130 e. The summed E-state index contributed by atoms with van der Waals surface area (Å²) in [5.74, 6) is -0.932. The first-order chi connectivity index (χ1) is 5.15. The Morgan fingerprint density at radius 3 is 2.45 bits per heavy atom. The van der Waals surface area contributed by atoms with E-state index in [-0.39, 0.29) is 0 Å². The average molecular weight is 268 g/mol. The zero-order valence-corrected chi connectivity index (χ0v) is 8.15. The molecule has 1 aromatic rings. The molecule has 0 saturated heterocycles. The normalized spacial score (nSPS) is 10.2. The van der Waals surface area contributed by atoms with Crippen molar-refractivity contribution in [2.24, 2.45) is 0 Å². The van der Waals surface area contributed by atoms with E-state index in [1.165, 1.54) is 6.07 Å². The van der Waals surface area contributed by atoms with Gasteiger partial charge >= 0.3 is 0 Å². The van der Waals surface area contributed by atoms with Gasteiger partial charge in [0.1, 0.15) is 11.6 Å². The lowest BCUT2D eigenvalue weighted by Gasteiger charge is -2.00. The fraction of sp³-hybridized carbons (Fsp3) is 0.250. The van der Waals surface area contributed by atoms with Crippen LogP contribution in [0.2, 0.25) is 0 Å². The van der Waals surface area contributed by atoms with E-state index in [9.17, 15) is 8.78 Å². The van der Waals surface area contributed by atoms with Crippen LogP contribution in [-0.4, -0.2) is 0 Å². The molecule has 0 fully saturated rings. The summed E-state index contributed by atoms with van der Waals surface area (Å²) in [4.78, 5) is 0. The monoisotopic (exact) mass is 268 g/mol. The maximum atomic E-state index is 12.8. The van der Waals surface area contributed by atoms with E-state index in [0.29, 0.717) is 15.6 Å². The summed E-state index contributed by atoms with van der Waals surface area (Å²) >= 11 is 2.04. The van der Waals surface area contributed by atoms with Gasteiger partial charge < -0.3 is 0 Å². The Balaban J connectivity index is 3.21. The minimum Gasteiger partial charge on any atom is -0.207 e. The van der Waals surface area contributed by atoms with Crippen molar-refractivity contribution in [2.75, 3.05) is 0 Å². The quantitative estimate of drug-likeness (QED) is 0.542. The highest BCUT2D eigenvalue weighted by molar-refractivity contribution is 14.1. The first-order valence-corrected chi connectivity index (χ1v) is 4.68. The second kappa shape index (κ2) is 3.47. The molecule has 0 heterocycles. The van der Waals surface area contributed by atoms with Crippen LogP contribution in [-0.2, 0) is 4.43 Å². The second-order valence-electron chi connectivity index (χ2n) is 2.33. The number of benzene rings is 1. The third-order valence-electron chi connectivity index (χ3n) is 1.47. The van der Waals surface area contributed by atoms with Crippen LogP contribution in [0.1, 0.15) is 11.1 Å². The molecule has 0 saturated carbocycles. The lowest BCUT2D eigenvalue weighted by Crippen LogP contribution is -1.90. The lowest BCUT2D eigenvalue weighted by molar-refractivity contribution is 0.571. The van der Waals surface area contributed by atoms with Crippen molar-refractivity contribution in [3.8, 4) is 0 Å². The number of rotatable bonds is 1. The molecule has 3 heteroatoms. The molecule has 0 aliphatic heterocycles. The lowest BCUT2D eigenvalue weighted by atomic mass is 10.1. The number of halogens is 3. The predicted octanol–water partition coefficient (Wildman–Crippen LogP) is 3.21. The van der Waals surface area contributed by atoms with Crippen LogP contribution < -0.4 is 0 Å². The van der Waals surface area contributed by atoms with E-state index < -0.39 is 11.6 Å². The Morgan fingerprint density at radius 1 is 1.27 bits per heavy atom. The van der Waals surface area contributed by atoms with Gasteiger partial charge in [-0.1, -0.05) is 22.6 Å². The van der Waals surface area contributed by atoms with Gasteiger partial charge in [0.15, 0.2) is 0 Å². The van der Waals surface area contributed by atoms with Gasteiger partial charge in [0.25, 0.3) is 0 Å². The van der Waals surface area contributed by atoms with Crippen LogP contribution in [0, 0.1) is 18.6 Å². The van der Waals surface area contributed by atoms with E-state index in [1.54, 1.807) is 6.92 Å². The minimum atomic E-state index is -0.476. The van der Waals surface area contributed by atoms with Gasteiger partial charge in [-0.3, -0.25) is 0 Å². The molecule has 1 rings (SSSR count). The third kappa shape index (κ3) is 1.89. The van der Waals surface area contributed by atoms with Crippen molar-refractivity contribution < 1.29 is 8.78 Å². The van der Waals surface area contributed by atoms with Crippen LogP contribution in [0.3, 0.4) is 0 Å². The Morgan fingerprint density at radius 2 is 1.91 bits per heavy atom. The van der Waals surface area contributed by atoms with E-state index in [1.807, 2.05) is 22.6 Å². The van der Waals surface area contributed by atoms with Gasteiger partial charge in [0, 0.05) is 10.5 Å². The minimum absolute atomic E-state index is 0.456. The molecule has 0 atom stereocenters. The highest BCUT2D eigenvalue weighted by Crippen LogP contribution is 2.16. The summed E-state index contributed by atoms with van der Waals surface area (Å²) in [6, 6.07) is 2.47. The van der Waals surface area contributed by atoms with Crippen molar-refractivity contribution in [3.63, 3.8) is 0 Å². The molecule has 0 unspecified atom stereocenters. The molecular formula is C8H7F2I. The molecule has 0 N–H and O–H groups in total. The van der Waals surface area contributed by atoms with Crippen LogP contribution in [0.5, 0.6) is 0 Å². The zero-order chi connectivity index (χ0) is 8.43. The molecule has 0 aliphatic carbocycles. The fourth-order valence-corrected chi connectivity index (χ4v) is 1.40. The van der Waals surface area contributed by atoms with Crippen molar-refractivity contribution in [3.05, 3.63) is 34.9 Å². The molecule has 60 valence electrons. The van der Waals surface area contributed by atoms with Gasteiger partial charge in [-0.2, -0.15) is 0 Å². The largest absolute Gasteiger partial charge is 0.207 e. The molecule has 11 heavy (non-hydrogen) atoms. The Labute approximate surface area is 77.8 Å². The van der Waals surface area contributed by atoms with Crippen LogP contribution in [0.15, 0.2) is 12.1 Å². The highest BCUT2D eigenvalue weighted by atomic mass is 127. The third-order valence-corrected chi connectivity index (χ3v) is 2.29. The first-order valence-electron chi connectivity index (χ1n) is 3.15. The molecule has 0 nitrogen and oxygen atoms in total. The van der Waals surface area contributed by atoms with E-state index in [2.05, 4.69) is 0 Å². The number of alkyl halides is 1. The second-order valence-corrected chi connectivity index (χ2v) is 3.09. The predicted molar refractivity (Wildman–Crippen MR) is 48.8 cm³/mol. The molecule has 1 aromatic carbocycles.